The number of fused-ring (bicyclic) bond motifs is 1. The number of esters is 1. The number of carbonyl (C=O) groups excluding carboxylic acids is 4. The fourth-order valence-electron chi connectivity index (χ4n) is 5.12. The van der Waals surface area contributed by atoms with Gasteiger partial charge < -0.3 is 24.6 Å². The van der Waals surface area contributed by atoms with Crippen LogP contribution in [0.15, 0.2) is 48.5 Å². The highest BCUT2D eigenvalue weighted by atomic mass is 16.6. The summed E-state index contributed by atoms with van der Waals surface area (Å²) in [6.45, 7) is 11.7. The van der Waals surface area contributed by atoms with Crippen LogP contribution in [0.1, 0.15) is 94.8 Å². The van der Waals surface area contributed by atoms with Crippen molar-refractivity contribution < 1.29 is 28.7 Å². The summed E-state index contributed by atoms with van der Waals surface area (Å²) < 4.78 is 10.5. The molecule has 0 fully saturated rings. The van der Waals surface area contributed by atoms with Gasteiger partial charge in [0.25, 0.3) is 5.91 Å². The molecular formula is C33H45N3O6. The monoisotopic (exact) mass is 579 g/mol. The summed E-state index contributed by atoms with van der Waals surface area (Å²) in [5.74, 6) is -0.915. The third-order valence-electron chi connectivity index (χ3n) is 6.94. The molecule has 1 atom stereocenters. The van der Waals surface area contributed by atoms with Gasteiger partial charge in [-0.05, 0) is 84.1 Å². The lowest BCUT2D eigenvalue weighted by Gasteiger charge is -2.31. The normalized spacial score (nSPS) is 14.4. The molecule has 0 saturated heterocycles. The van der Waals surface area contributed by atoms with E-state index in [0.717, 1.165) is 36.8 Å². The maximum atomic E-state index is 14.2. The fraction of sp³-hybridized carbons (Fsp3) is 0.515. The zero-order chi connectivity index (χ0) is 30.9. The molecule has 1 heterocycles. The molecule has 1 unspecified atom stereocenters. The van der Waals surface area contributed by atoms with E-state index in [0.29, 0.717) is 17.8 Å². The van der Waals surface area contributed by atoms with Crippen molar-refractivity contribution in [2.24, 2.45) is 0 Å². The van der Waals surface area contributed by atoms with E-state index < -0.39 is 23.7 Å². The Labute approximate surface area is 249 Å². The lowest BCUT2D eigenvalue weighted by Crippen LogP contribution is -2.44. The third kappa shape index (κ3) is 9.06. The van der Waals surface area contributed by atoms with E-state index in [1.807, 2.05) is 83.1 Å². The molecule has 9 heteroatoms. The number of amides is 3. The molecule has 3 rings (SSSR count). The van der Waals surface area contributed by atoms with Crippen LogP contribution in [0.5, 0.6) is 0 Å². The van der Waals surface area contributed by atoms with Crippen LogP contribution in [0.3, 0.4) is 0 Å². The highest BCUT2D eigenvalue weighted by Gasteiger charge is 2.37. The van der Waals surface area contributed by atoms with E-state index in [1.165, 1.54) is 4.90 Å². The van der Waals surface area contributed by atoms with Crippen LogP contribution in [0.2, 0.25) is 0 Å². The highest BCUT2D eigenvalue weighted by molar-refractivity contribution is 6.10. The van der Waals surface area contributed by atoms with Crippen molar-refractivity contribution in [2.45, 2.75) is 91.3 Å². The molecule has 0 radical (unpaired) electrons. The number of anilines is 1. The predicted octanol–water partition coefficient (Wildman–Crippen LogP) is 5.82. The number of carbonyl (C=O) groups is 4. The van der Waals surface area contributed by atoms with Crippen molar-refractivity contribution in [1.82, 2.24) is 10.2 Å². The van der Waals surface area contributed by atoms with Crippen LogP contribution in [0.25, 0.3) is 0 Å². The first kappa shape index (κ1) is 32.6. The fourth-order valence-corrected chi connectivity index (χ4v) is 5.12. The Balaban J connectivity index is 1.80. The molecule has 42 heavy (non-hydrogen) atoms. The van der Waals surface area contributed by atoms with Gasteiger partial charge in [0, 0.05) is 12.6 Å². The topological polar surface area (TPSA) is 105 Å². The molecule has 0 bridgehead atoms. The standard InChI is InChI=1S/C33H45N3O6/c1-7-41-30(38)21-28(25-15-11-8-12-16-25)35-22-29(37)36(23(2)3)27-18-17-24(20-26(27)31(35)39)14-10-9-13-19-34-32(40)42-33(4,5)6/h8,11-12,15-18,20,23,28H,7,9-10,13-14,19,21-22H2,1-6H3,(H,34,40). The molecule has 3 amide bonds. The van der Waals surface area contributed by atoms with Crippen LogP contribution in [-0.2, 0) is 25.5 Å². The molecule has 1 N–H and O–H groups in total. The van der Waals surface area contributed by atoms with E-state index in [9.17, 15) is 19.2 Å². The Kier molecular flexibility index (Phi) is 11.5. The van der Waals surface area contributed by atoms with E-state index in [2.05, 4.69) is 5.32 Å². The summed E-state index contributed by atoms with van der Waals surface area (Å²) in [7, 11) is 0. The first-order chi connectivity index (χ1) is 19.9. The van der Waals surface area contributed by atoms with Gasteiger partial charge in [0.15, 0.2) is 0 Å². The van der Waals surface area contributed by atoms with Crippen LogP contribution >= 0.6 is 0 Å². The van der Waals surface area contributed by atoms with Crippen molar-refractivity contribution in [1.29, 1.82) is 0 Å². The number of rotatable bonds is 12. The van der Waals surface area contributed by atoms with Crippen LogP contribution < -0.4 is 10.2 Å². The van der Waals surface area contributed by atoms with Crippen LogP contribution in [0, 0.1) is 0 Å². The SMILES string of the molecule is CCOC(=O)CC(c1ccccc1)N1CC(=O)N(C(C)C)c2ccc(CCCCCNC(=O)OC(C)(C)C)cc2C1=O. The molecule has 9 nitrogen and oxygen atoms in total. The van der Waals surface area contributed by atoms with Crippen LogP contribution in [-0.4, -0.2) is 60.1 Å². The van der Waals surface area contributed by atoms with Crippen LogP contribution in [0.4, 0.5) is 10.5 Å². The second-order valence-electron chi connectivity index (χ2n) is 11.8. The summed E-state index contributed by atoms with van der Waals surface area (Å²) >= 11 is 0. The van der Waals surface area contributed by atoms with Gasteiger partial charge in [-0.3, -0.25) is 14.4 Å². The number of ether oxygens (including phenoxy) is 2. The lowest BCUT2D eigenvalue weighted by atomic mass is 9.99. The van der Waals surface area contributed by atoms with Gasteiger partial charge in [0.2, 0.25) is 5.91 Å². The van der Waals surface area contributed by atoms with Gasteiger partial charge >= 0.3 is 12.1 Å². The van der Waals surface area contributed by atoms with Gasteiger partial charge in [0.05, 0.1) is 30.3 Å². The Hall–Kier alpha value is -3.88. The summed E-state index contributed by atoms with van der Waals surface area (Å²) in [5, 5.41) is 2.78. The Morgan fingerprint density at radius 2 is 1.71 bits per heavy atom. The Morgan fingerprint density at radius 3 is 2.36 bits per heavy atom. The maximum Gasteiger partial charge on any atom is 0.407 e. The number of benzene rings is 2. The number of hydrogen-bond acceptors (Lipinski definition) is 6. The quantitative estimate of drug-likeness (QED) is 0.251. The van der Waals surface area contributed by atoms with Crippen molar-refractivity contribution in [2.75, 3.05) is 24.6 Å². The largest absolute Gasteiger partial charge is 0.466 e. The summed E-state index contributed by atoms with van der Waals surface area (Å²) in [6, 6.07) is 14.2. The number of nitrogens with one attached hydrogen (secondary N) is 1. The van der Waals surface area contributed by atoms with Crippen molar-refractivity contribution >= 4 is 29.6 Å². The highest BCUT2D eigenvalue weighted by Crippen LogP contribution is 2.34. The van der Waals surface area contributed by atoms with E-state index in [1.54, 1.807) is 11.8 Å². The zero-order valence-corrected chi connectivity index (χ0v) is 25.8. The minimum atomic E-state index is -0.650. The molecular weight excluding hydrogens is 534 g/mol. The van der Waals surface area contributed by atoms with Gasteiger partial charge in [0.1, 0.15) is 12.1 Å². The van der Waals surface area contributed by atoms with Gasteiger partial charge in [-0.1, -0.05) is 42.8 Å². The number of nitrogens with zero attached hydrogens (tertiary/aromatic N) is 2. The van der Waals surface area contributed by atoms with Gasteiger partial charge in [-0.25, -0.2) is 4.79 Å². The third-order valence-corrected chi connectivity index (χ3v) is 6.94. The van der Waals surface area contributed by atoms with Crippen molar-refractivity contribution in [3.63, 3.8) is 0 Å². The summed E-state index contributed by atoms with van der Waals surface area (Å²) in [6.07, 6.45) is 2.84. The second kappa shape index (κ2) is 14.8. The minimum absolute atomic E-state index is 0.0507. The summed E-state index contributed by atoms with van der Waals surface area (Å²) in [4.78, 5) is 55.4. The molecule has 2 aromatic rings. The van der Waals surface area contributed by atoms with Crippen molar-refractivity contribution in [3.8, 4) is 0 Å². The van der Waals surface area contributed by atoms with Gasteiger partial charge in [-0.2, -0.15) is 0 Å². The number of alkyl carbamates (subject to hydrolysis) is 1. The predicted molar refractivity (Wildman–Crippen MR) is 162 cm³/mol. The molecule has 0 saturated carbocycles. The minimum Gasteiger partial charge on any atom is -0.466 e. The maximum absolute atomic E-state index is 14.2. The number of hydrogen-bond donors (Lipinski definition) is 1. The van der Waals surface area contributed by atoms with E-state index >= 15 is 0 Å². The Morgan fingerprint density at radius 1 is 1.00 bits per heavy atom. The molecule has 1 aliphatic heterocycles. The second-order valence-corrected chi connectivity index (χ2v) is 11.8. The molecule has 0 aromatic heterocycles. The lowest BCUT2D eigenvalue weighted by molar-refractivity contribution is -0.144. The average molecular weight is 580 g/mol. The molecule has 228 valence electrons. The first-order valence-corrected chi connectivity index (χ1v) is 14.8. The smallest absolute Gasteiger partial charge is 0.407 e. The first-order valence-electron chi connectivity index (χ1n) is 14.8. The molecule has 0 aliphatic carbocycles. The average Bonchev–Trinajstić information content (AvgIpc) is 3.02. The van der Waals surface area contributed by atoms with Crippen molar-refractivity contribution in [3.05, 3.63) is 65.2 Å². The number of aryl methyl sites for hydroxylation is 1. The van der Waals surface area contributed by atoms with E-state index in [4.69, 9.17) is 9.47 Å². The molecule has 1 aliphatic rings. The summed E-state index contributed by atoms with van der Waals surface area (Å²) in [5.41, 5.74) is 2.25. The van der Waals surface area contributed by atoms with Gasteiger partial charge in [-0.15, -0.1) is 0 Å². The molecule has 0 spiro atoms. The Bertz CT molecular complexity index is 1240. The number of unbranched alkanes of at least 4 members (excludes halogenated alkanes) is 2. The van der Waals surface area contributed by atoms with E-state index in [-0.39, 0.29) is 37.4 Å². The molecule has 2 aromatic carbocycles. The zero-order valence-electron chi connectivity index (χ0n) is 25.8.